The number of hydrogen-bond acceptors (Lipinski definition) is 3. The Balaban J connectivity index is 2.40. The number of carbonyl (C=O) groups is 1. The zero-order chi connectivity index (χ0) is 7.78. The van der Waals surface area contributed by atoms with E-state index in [0.717, 1.165) is 0 Å². The molecule has 0 aromatic carbocycles. The summed E-state index contributed by atoms with van der Waals surface area (Å²) in [5.74, 6) is -0.912. The maximum Gasteiger partial charge on any atom is 0.324 e. The molecular formula is C6H11NO3. The molecule has 1 aliphatic carbocycles. The van der Waals surface area contributed by atoms with Crippen molar-refractivity contribution in [3.8, 4) is 0 Å². The third-order valence-corrected chi connectivity index (χ3v) is 1.92. The van der Waals surface area contributed by atoms with Crippen LogP contribution in [0.4, 0.5) is 0 Å². The average molecular weight is 145 g/mol. The average Bonchev–Trinajstić information content (AvgIpc) is 2.45. The minimum atomic E-state index is -0.990. The molecule has 0 amide bonds. The quantitative estimate of drug-likeness (QED) is 0.558. The van der Waals surface area contributed by atoms with Crippen molar-refractivity contribution in [2.24, 2.45) is 11.7 Å². The zero-order valence-corrected chi connectivity index (χ0v) is 5.83. The third-order valence-electron chi connectivity index (χ3n) is 1.92. The summed E-state index contributed by atoms with van der Waals surface area (Å²) in [5.41, 5.74) is 4.45. The molecule has 1 aliphatic rings. The van der Waals surface area contributed by atoms with Crippen molar-refractivity contribution in [3.63, 3.8) is 0 Å². The predicted molar refractivity (Wildman–Crippen MR) is 34.5 cm³/mol. The molecule has 4 heteroatoms. The minimum Gasteiger partial charge on any atom is -0.480 e. The van der Waals surface area contributed by atoms with Crippen molar-refractivity contribution >= 4 is 5.97 Å². The van der Waals surface area contributed by atoms with Crippen LogP contribution in [0.2, 0.25) is 0 Å². The van der Waals surface area contributed by atoms with Crippen molar-refractivity contribution in [1.29, 1.82) is 0 Å². The van der Waals surface area contributed by atoms with Crippen LogP contribution in [0.15, 0.2) is 0 Å². The third kappa shape index (κ3) is 0.998. The molecule has 0 aliphatic heterocycles. The van der Waals surface area contributed by atoms with Crippen molar-refractivity contribution in [2.75, 3.05) is 13.7 Å². The number of aliphatic carboxylic acids is 1. The van der Waals surface area contributed by atoms with E-state index in [1.54, 1.807) is 7.11 Å². The molecule has 0 radical (unpaired) electrons. The van der Waals surface area contributed by atoms with E-state index in [4.69, 9.17) is 15.6 Å². The maximum absolute atomic E-state index is 10.4. The van der Waals surface area contributed by atoms with Crippen LogP contribution in [-0.4, -0.2) is 30.3 Å². The summed E-state index contributed by atoms with van der Waals surface area (Å²) in [6.45, 7) is 0.447. The highest BCUT2D eigenvalue weighted by molar-refractivity contribution is 5.82. The van der Waals surface area contributed by atoms with Crippen molar-refractivity contribution < 1.29 is 14.6 Å². The number of hydrogen-bond donors (Lipinski definition) is 2. The molecule has 0 spiro atoms. The molecule has 58 valence electrons. The first kappa shape index (κ1) is 7.50. The van der Waals surface area contributed by atoms with Crippen LogP contribution in [0.5, 0.6) is 0 Å². The van der Waals surface area contributed by atoms with Gasteiger partial charge in [-0.15, -0.1) is 0 Å². The van der Waals surface area contributed by atoms with Crippen LogP contribution in [0, 0.1) is 5.92 Å². The summed E-state index contributed by atoms with van der Waals surface area (Å²) >= 11 is 0. The van der Waals surface area contributed by atoms with Crippen LogP contribution in [-0.2, 0) is 9.53 Å². The molecule has 0 aromatic rings. The minimum absolute atomic E-state index is 0.00926. The lowest BCUT2D eigenvalue weighted by Gasteiger charge is -2.02. The van der Waals surface area contributed by atoms with Crippen molar-refractivity contribution in [1.82, 2.24) is 0 Å². The fourth-order valence-electron chi connectivity index (χ4n) is 1.02. The number of methoxy groups -OCH3 is 1. The van der Waals surface area contributed by atoms with Gasteiger partial charge in [-0.25, -0.2) is 0 Å². The smallest absolute Gasteiger partial charge is 0.324 e. The topological polar surface area (TPSA) is 72.5 Å². The lowest BCUT2D eigenvalue weighted by Crippen LogP contribution is -2.35. The monoisotopic (exact) mass is 145 g/mol. The fraction of sp³-hybridized carbons (Fsp3) is 0.833. The van der Waals surface area contributed by atoms with E-state index in [1.807, 2.05) is 0 Å². The highest BCUT2D eigenvalue weighted by Gasteiger charge is 2.57. The Hall–Kier alpha value is -0.610. The summed E-state index contributed by atoms with van der Waals surface area (Å²) in [6, 6.07) is 0. The number of nitrogens with two attached hydrogens (primary N) is 1. The van der Waals surface area contributed by atoms with Crippen LogP contribution in [0.3, 0.4) is 0 Å². The summed E-state index contributed by atoms with van der Waals surface area (Å²) in [6.07, 6.45) is 0.538. The Bertz CT molecular complexity index is 159. The molecule has 0 heterocycles. The maximum atomic E-state index is 10.4. The molecule has 1 fully saturated rings. The van der Waals surface area contributed by atoms with Crippen LogP contribution in [0.1, 0.15) is 6.42 Å². The fourth-order valence-corrected chi connectivity index (χ4v) is 1.02. The van der Waals surface area contributed by atoms with Crippen LogP contribution >= 0.6 is 0 Å². The second-order valence-electron chi connectivity index (χ2n) is 2.70. The van der Waals surface area contributed by atoms with E-state index in [1.165, 1.54) is 0 Å². The van der Waals surface area contributed by atoms with Gasteiger partial charge in [0, 0.05) is 13.0 Å². The predicted octanol–water partition coefficient (Wildman–Crippen LogP) is -0.565. The number of rotatable bonds is 3. The number of carboxylic acids is 1. The number of ether oxygens (including phenoxy) is 1. The first-order valence-corrected chi connectivity index (χ1v) is 3.12. The van der Waals surface area contributed by atoms with Gasteiger partial charge < -0.3 is 15.6 Å². The van der Waals surface area contributed by atoms with Gasteiger partial charge in [-0.05, 0) is 6.42 Å². The molecule has 0 aromatic heterocycles. The van der Waals surface area contributed by atoms with E-state index >= 15 is 0 Å². The van der Waals surface area contributed by atoms with Gasteiger partial charge >= 0.3 is 5.97 Å². The Labute approximate surface area is 59.0 Å². The Morgan fingerprint density at radius 2 is 2.60 bits per heavy atom. The first-order chi connectivity index (χ1) is 4.61. The van der Waals surface area contributed by atoms with Crippen LogP contribution < -0.4 is 5.73 Å². The molecule has 0 saturated heterocycles. The van der Waals surface area contributed by atoms with Gasteiger partial charge in [-0.3, -0.25) is 4.79 Å². The van der Waals surface area contributed by atoms with Gasteiger partial charge in [0.1, 0.15) is 5.54 Å². The molecule has 10 heavy (non-hydrogen) atoms. The Morgan fingerprint density at radius 3 is 2.90 bits per heavy atom. The lowest BCUT2D eigenvalue weighted by molar-refractivity contribution is -0.140. The zero-order valence-electron chi connectivity index (χ0n) is 5.83. The van der Waals surface area contributed by atoms with Crippen LogP contribution in [0.25, 0.3) is 0 Å². The second-order valence-corrected chi connectivity index (χ2v) is 2.70. The highest BCUT2D eigenvalue weighted by Crippen LogP contribution is 2.41. The molecule has 0 bridgehead atoms. The van der Waals surface area contributed by atoms with Gasteiger partial charge in [-0.2, -0.15) is 0 Å². The summed E-state index contributed by atoms with van der Waals surface area (Å²) < 4.78 is 4.77. The van der Waals surface area contributed by atoms with Gasteiger partial charge in [0.25, 0.3) is 0 Å². The van der Waals surface area contributed by atoms with E-state index in [-0.39, 0.29) is 5.92 Å². The molecule has 4 nitrogen and oxygen atoms in total. The van der Waals surface area contributed by atoms with E-state index < -0.39 is 11.5 Å². The summed E-state index contributed by atoms with van der Waals surface area (Å²) in [5, 5.41) is 8.53. The summed E-state index contributed by atoms with van der Waals surface area (Å²) in [4.78, 5) is 10.4. The van der Waals surface area contributed by atoms with E-state index in [0.29, 0.717) is 13.0 Å². The Kier molecular flexibility index (Phi) is 1.66. The van der Waals surface area contributed by atoms with Crippen molar-refractivity contribution in [2.45, 2.75) is 12.0 Å². The standard InChI is InChI=1S/C6H11NO3/c1-10-3-4-2-6(4,7)5(8)9/h4H,2-3,7H2,1H3,(H,8,9)/t4-,6-/m1/s1. The lowest BCUT2D eigenvalue weighted by atomic mass is 10.2. The highest BCUT2D eigenvalue weighted by atomic mass is 16.5. The molecule has 1 rings (SSSR count). The Morgan fingerprint density at radius 1 is 2.00 bits per heavy atom. The first-order valence-electron chi connectivity index (χ1n) is 3.12. The van der Waals surface area contributed by atoms with Gasteiger partial charge in [0.05, 0.1) is 6.61 Å². The summed E-state index contributed by atoms with van der Waals surface area (Å²) in [7, 11) is 1.54. The van der Waals surface area contributed by atoms with E-state index in [2.05, 4.69) is 0 Å². The molecule has 0 unspecified atom stereocenters. The molecule has 1 saturated carbocycles. The van der Waals surface area contributed by atoms with Crippen molar-refractivity contribution in [3.05, 3.63) is 0 Å². The van der Waals surface area contributed by atoms with Gasteiger partial charge in [0.2, 0.25) is 0 Å². The molecular weight excluding hydrogens is 134 g/mol. The molecule has 3 N–H and O–H groups in total. The SMILES string of the molecule is COC[C@H]1C[C@]1(N)C(=O)O. The van der Waals surface area contributed by atoms with E-state index in [9.17, 15) is 4.79 Å². The molecule has 2 atom stereocenters. The normalized spacial score (nSPS) is 37.6. The number of carboxylic acid groups (broad SMARTS) is 1. The van der Waals surface area contributed by atoms with Gasteiger partial charge in [0.15, 0.2) is 0 Å². The largest absolute Gasteiger partial charge is 0.480 e. The second kappa shape index (κ2) is 2.21. The van der Waals surface area contributed by atoms with Gasteiger partial charge in [-0.1, -0.05) is 0 Å².